The zero-order chi connectivity index (χ0) is 12.7. The lowest BCUT2D eigenvalue weighted by Crippen LogP contribution is -2.35. The van der Waals surface area contributed by atoms with Crippen molar-refractivity contribution in [3.63, 3.8) is 0 Å². The van der Waals surface area contributed by atoms with E-state index in [-0.39, 0.29) is 0 Å². The van der Waals surface area contributed by atoms with Crippen LogP contribution in [0.1, 0.15) is 30.9 Å². The van der Waals surface area contributed by atoms with Gasteiger partial charge in [-0.1, -0.05) is 36.4 Å². The Bertz CT molecular complexity index is 352. The average Bonchev–Trinajstić information content (AvgIpc) is 2.31. The molecule has 1 fully saturated rings. The third kappa shape index (κ3) is 5.16. The van der Waals surface area contributed by atoms with Gasteiger partial charge in [0.15, 0.2) is 0 Å². The fourth-order valence-corrected chi connectivity index (χ4v) is 1.90. The first-order chi connectivity index (χ1) is 8.11. The van der Waals surface area contributed by atoms with Gasteiger partial charge in [-0.25, -0.2) is 0 Å². The van der Waals surface area contributed by atoms with Crippen LogP contribution in [0.3, 0.4) is 0 Å². The average molecular weight is 232 g/mol. The van der Waals surface area contributed by atoms with Gasteiger partial charge in [0.25, 0.3) is 0 Å². The second-order valence-corrected chi connectivity index (χ2v) is 4.68. The van der Waals surface area contributed by atoms with Gasteiger partial charge in [-0.2, -0.15) is 0 Å². The molecule has 3 N–H and O–H groups in total. The summed E-state index contributed by atoms with van der Waals surface area (Å²) < 4.78 is 0. The van der Waals surface area contributed by atoms with E-state index >= 15 is 0 Å². The number of piperidine rings is 1. The highest BCUT2D eigenvalue weighted by atomic mass is 14.9. The monoisotopic (exact) mass is 232 g/mol. The molecule has 0 amide bonds. The molecule has 0 unspecified atom stereocenters. The smallest absolute Gasteiger partial charge is 0.00629 e. The first-order valence-corrected chi connectivity index (χ1v) is 6.29. The Balaban J connectivity index is 0.000000181. The molecule has 0 bridgehead atoms. The Kier molecular flexibility index (Phi) is 5.95. The second kappa shape index (κ2) is 7.25. The van der Waals surface area contributed by atoms with Crippen molar-refractivity contribution in [3.8, 4) is 0 Å². The summed E-state index contributed by atoms with van der Waals surface area (Å²) in [7, 11) is 0. The standard InChI is InChI=1S/C10H12.C5H12N2/c1-8(2)10-7-5-4-6-9(10)3;6-5-1-3-7-4-2-5/h4-7H,1H2,2-3H3;5,7H,1-4,6H2. The number of benzene rings is 1. The SMILES string of the molecule is C=C(C)c1ccccc1C.NC1CCNCC1. The summed E-state index contributed by atoms with van der Waals surface area (Å²) in [5.41, 5.74) is 9.30. The van der Waals surface area contributed by atoms with Crippen molar-refractivity contribution in [2.45, 2.75) is 32.7 Å². The highest BCUT2D eigenvalue weighted by Gasteiger charge is 2.05. The molecular formula is C15H24N2. The summed E-state index contributed by atoms with van der Waals surface area (Å²) >= 11 is 0. The molecule has 94 valence electrons. The molecular weight excluding hydrogens is 208 g/mol. The lowest BCUT2D eigenvalue weighted by Gasteiger charge is -2.17. The van der Waals surface area contributed by atoms with Gasteiger partial charge in [-0.3, -0.25) is 0 Å². The molecule has 1 heterocycles. The minimum Gasteiger partial charge on any atom is -0.328 e. The molecule has 1 aromatic rings. The topological polar surface area (TPSA) is 38.0 Å². The Hall–Kier alpha value is -1.12. The van der Waals surface area contributed by atoms with E-state index in [0.717, 1.165) is 31.5 Å². The highest BCUT2D eigenvalue weighted by molar-refractivity contribution is 5.63. The molecule has 0 saturated carbocycles. The molecule has 1 aromatic carbocycles. The Morgan fingerprint density at radius 1 is 1.29 bits per heavy atom. The molecule has 2 heteroatoms. The number of hydrogen-bond donors (Lipinski definition) is 2. The van der Waals surface area contributed by atoms with Crippen LogP contribution in [0.25, 0.3) is 5.57 Å². The predicted octanol–water partition coefficient (Wildman–Crippen LogP) is 2.73. The van der Waals surface area contributed by atoms with Gasteiger partial charge >= 0.3 is 0 Å². The highest BCUT2D eigenvalue weighted by Crippen LogP contribution is 2.14. The van der Waals surface area contributed by atoms with Gasteiger partial charge in [0.05, 0.1) is 0 Å². The molecule has 1 saturated heterocycles. The Labute approximate surface area is 105 Å². The minimum absolute atomic E-state index is 0.473. The first kappa shape index (κ1) is 13.9. The van der Waals surface area contributed by atoms with Gasteiger partial charge < -0.3 is 11.1 Å². The van der Waals surface area contributed by atoms with E-state index in [0.29, 0.717) is 6.04 Å². The summed E-state index contributed by atoms with van der Waals surface area (Å²) in [6.45, 7) is 10.2. The van der Waals surface area contributed by atoms with Gasteiger partial charge in [-0.05, 0) is 50.9 Å². The van der Waals surface area contributed by atoms with Crippen LogP contribution in [0.5, 0.6) is 0 Å². The molecule has 0 aliphatic carbocycles. The largest absolute Gasteiger partial charge is 0.328 e. The molecule has 0 radical (unpaired) electrons. The van der Waals surface area contributed by atoms with Crippen molar-refractivity contribution in [3.05, 3.63) is 42.0 Å². The van der Waals surface area contributed by atoms with E-state index in [1.54, 1.807) is 0 Å². The fourth-order valence-electron chi connectivity index (χ4n) is 1.90. The van der Waals surface area contributed by atoms with Crippen molar-refractivity contribution in [2.24, 2.45) is 5.73 Å². The summed E-state index contributed by atoms with van der Waals surface area (Å²) in [6.07, 6.45) is 2.31. The van der Waals surface area contributed by atoms with Crippen LogP contribution in [-0.4, -0.2) is 19.1 Å². The number of nitrogens with one attached hydrogen (secondary N) is 1. The van der Waals surface area contributed by atoms with Crippen molar-refractivity contribution >= 4 is 5.57 Å². The maximum absolute atomic E-state index is 5.59. The minimum atomic E-state index is 0.473. The van der Waals surface area contributed by atoms with E-state index in [4.69, 9.17) is 5.73 Å². The number of allylic oxidation sites excluding steroid dienone is 1. The molecule has 1 aliphatic heterocycles. The lowest BCUT2D eigenvalue weighted by atomic mass is 10.0. The zero-order valence-corrected chi connectivity index (χ0v) is 11.0. The maximum Gasteiger partial charge on any atom is 0.00629 e. The number of aryl methyl sites for hydroxylation is 1. The van der Waals surface area contributed by atoms with Crippen molar-refractivity contribution in [2.75, 3.05) is 13.1 Å². The summed E-state index contributed by atoms with van der Waals surface area (Å²) in [5.74, 6) is 0. The van der Waals surface area contributed by atoms with Crippen LogP contribution in [0, 0.1) is 6.92 Å². The summed E-state index contributed by atoms with van der Waals surface area (Å²) in [5, 5.41) is 3.24. The van der Waals surface area contributed by atoms with Gasteiger partial charge in [0, 0.05) is 6.04 Å². The quantitative estimate of drug-likeness (QED) is 0.781. The number of hydrogen-bond acceptors (Lipinski definition) is 2. The first-order valence-electron chi connectivity index (χ1n) is 6.29. The second-order valence-electron chi connectivity index (χ2n) is 4.68. The maximum atomic E-state index is 5.59. The molecule has 2 rings (SSSR count). The number of nitrogens with two attached hydrogens (primary N) is 1. The van der Waals surface area contributed by atoms with Crippen molar-refractivity contribution in [1.82, 2.24) is 5.32 Å². The van der Waals surface area contributed by atoms with Crippen LogP contribution in [0.15, 0.2) is 30.8 Å². The lowest BCUT2D eigenvalue weighted by molar-refractivity contribution is 0.458. The van der Waals surface area contributed by atoms with Crippen molar-refractivity contribution in [1.29, 1.82) is 0 Å². The van der Waals surface area contributed by atoms with Crippen LogP contribution in [-0.2, 0) is 0 Å². The summed E-state index contributed by atoms with van der Waals surface area (Å²) in [4.78, 5) is 0. The Morgan fingerprint density at radius 2 is 1.88 bits per heavy atom. The molecule has 0 spiro atoms. The van der Waals surface area contributed by atoms with E-state index < -0.39 is 0 Å². The van der Waals surface area contributed by atoms with Crippen LogP contribution in [0.2, 0.25) is 0 Å². The normalized spacial score (nSPS) is 15.9. The Morgan fingerprint density at radius 3 is 2.24 bits per heavy atom. The van der Waals surface area contributed by atoms with Crippen molar-refractivity contribution < 1.29 is 0 Å². The molecule has 1 aliphatic rings. The van der Waals surface area contributed by atoms with Crippen LogP contribution < -0.4 is 11.1 Å². The molecule has 0 atom stereocenters. The molecule has 17 heavy (non-hydrogen) atoms. The molecule has 0 aromatic heterocycles. The van der Waals surface area contributed by atoms with Gasteiger partial charge in [-0.15, -0.1) is 0 Å². The third-order valence-corrected chi connectivity index (χ3v) is 2.99. The third-order valence-electron chi connectivity index (χ3n) is 2.99. The predicted molar refractivity (Wildman–Crippen MR) is 76.0 cm³/mol. The van der Waals surface area contributed by atoms with Crippen LogP contribution in [0.4, 0.5) is 0 Å². The van der Waals surface area contributed by atoms with E-state index in [1.165, 1.54) is 11.1 Å². The molecule has 2 nitrogen and oxygen atoms in total. The van der Waals surface area contributed by atoms with Gasteiger partial charge in [0.2, 0.25) is 0 Å². The van der Waals surface area contributed by atoms with Crippen LogP contribution >= 0.6 is 0 Å². The van der Waals surface area contributed by atoms with Gasteiger partial charge in [0.1, 0.15) is 0 Å². The van der Waals surface area contributed by atoms with E-state index in [1.807, 2.05) is 19.1 Å². The van der Waals surface area contributed by atoms with E-state index in [9.17, 15) is 0 Å². The number of rotatable bonds is 1. The zero-order valence-electron chi connectivity index (χ0n) is 11.0. The summed E-state index contributed by atoms with van der Waals surface area (Å²) in [6, 6.07) is 8.75. The van der Waals surface area contributed by atoms with E-state index in [2.05, 4.69) is 31.0 Å². The fraction of sp³-hybridized carbons (Fsp3) is 0.467.